The molecule has 3 rings (SSSR count). The predicted octanol–water partition coefficient (Wildman–Crippen LogP) is 3.44. The van der Waals surface area contributed by atoms with E-state index in [-0.39, 0.29) is 4.90 Å². The maximum Gasteiger partial charge on any atom is 0.264 e. The van der Waals surface area contributed by atoms with Crippen LogP contribution in [0.2, 0.25) is 0 Å². The normalized spacial score (nSPS) is 14.9. The summed E-state index contributed by atoms with van der Waals surface area (Å²) in [6.07, 6.45) is 0. The average molecular weight is 323 g/mol. The second-order valence-corrected chi connectivity index (χ2v) is 7.77. The molecule has 0 aliphatic carbocycles. The molecule has 0 amide bonds. The molecule has 0 spiro atoms. The highest BCUT2D eigenvalue weighted by Gasteiger charge is 2.30. The Bertz CT molecular complexity index is 790. The number of hydrogen-bond acceptors (Lipinski definition) is 3. The van der Waals surface area contributed by atoms with Crippen molar-refractivity contribution in [3.8, 4) is 0 Å². The summed E-state index contributed by atoms with van der Waals surface area (Å²) in [7, 11) is -3.67. The summed E-state index contributed by atoms with van der Waals surface area (Å²) in [5.41, 5.74) is 1.11. The molecule has 1 heterocycles. The van der Waals surface area contributed by atoms with E-state index in [1.165, 1.54) is 22.5 Å². The van der Waals surface area contributed by atoms with Crippen molar-refractivity contribution in [1.29, 1.82) is 0 Å². The number of para-hydroxylation sites is 1. The van der Waals surface area contributed by atoms with Gasteiger partial charge in [0.25, 0.3) is 10.0 Å². The molecule has 0 N–H and O–H groups in total. The quantitative estimate of drug-likeness (QED) is 0.849. The van der Waals surface area contributed by atoms with Gasteiger partial charge in [0, 0.05) is 17.2 Å². The first-order valence-electron chi connectivity index (χ1n) is 6.51. The van der Waals surface area contributed by atoms with Gasteiger partial charge in [0.15, 0.2) is 0 Å². The molecular weight excluding hydrogens is 309 g/mol. The van der Waals surface area contributed by atoms with Crippen LogP contribution < -0.4 is 4.31 Å². The van der Waals surface area contributed by atoms with Gasteiger partial charge in [-0.2, -0.15) is 0 Å². The van der Waals surface area contributed by atoms with Crippen molar-refractivity contribution in [2.45, 2.75) is 16.7 Å². The molecule has 1 aliphatic heterocycles. The lowest BCUT2D eigenvalue weighted by atomic mass is 10.2. The fourth-order valence-electron chi connectivity index (χ4n) is 2.41. The Morgan fingerprint density at radius 3 is 2.71 bits per heavy atom. The van der Waals surface area contributed by atoms with Crippen LogP contribution in [0.3, 0.4) is 0 Å². The summed E-state index contributed by atoms with van der Waals surface area (Å²) >= 11 is 1.64. The number of sulfonamides is 1. The van der Waals surface area contributed by atoms with E-state index in [0.717, 1.165) is 4.90 Å². The monoisotopic (exact) mass is 323 g/mol. The zero-order chi connectivity index (χ0) is 15.0. The molecule has 2 aromatic rings. The topological polar surface area (TPSA) is 37.4 Å². The molecule has 0 radical (unpaired) electrons. The fourth-order valence-corrected chi connectivity index (χ4v) is 5.28. The maximum absolute atomic E-state index is 13.2. The van der Waals surface area contributed by atoms with E-state index in [4.69, 9.17) is 0 Å². The molecule has 0 aromatic heterocycles. The number of nitrogens with zero attached hydrogens (tertiary/aromatic N) is 1. The van der Waals surface area contributed by atoms with Gasteiger partial charge in [-0.1, -0.05) is 12.1 Å². The van der Waals surface area contributed by atoms with E-state index < -0.39 is 15.8 Å². The zero-order valence-electron chi connectivity index (χ0n) is 11.4. The Kier molecular flexibility index (Phi) is 3.67. The van der Waals surface area contributed by atoms with Crippen LogP contribution in [0.1, 0.15) is 5.56 Å². The molecule has 21 heavy (non-hydrogen) atoms. The summed E-state index contributed by atoms with van der Waals surface area (Å²) in [5, 5.41) is 0. The Hall–Kier alpha value is -1.53. The summed E-state index contributed by atoms with van der Waals surface area (Å²) in [6.45, 7) is 2.03. The summed E-state index contributed by atoms with van der Waals surface area (Å²) in [6, 6.07) is 11.2. The SMILES string of the molecule is Cc1cc(F)ccc1S(=O)(=O)N1CCSc2ccccc21. The van der Waals surface area contributed by atoms with E-state index in [1.807, 2.05) is 18.2 Å². The molecule has 3 nitrogen and oxygen atoms in total. The van der Waals surface area contributed by atoms with Crippen molar-refractivity contribution in [3.05, 3.63) is 53.8 Å². The second-order valence-electron chi connectivity index (χ2n) is 4.80. The van der Waals surface area contributed by atoms with Crippen LogP contribution in [0.5, 0.6) is 0 Å². The molecular formula is C15H14FNO2S2. The van der Waals surface area contributed by atoms with Crippen LogP contribution in [0.4, 0.5) is 10.1 Å². The first-order valence-corrected chi connectivity index (χ1v) is 8.93. The van der Waals surface area contributed by atoms with Crippen molar-refractivity contribution in [3.63, 3.8) is 0 Å². The van der Waals surface area contributed by atoms with Gasteiger partial charge in [-0.15, -0.1) is 11.8 Å². The van der Waals surface area contributed by atoms with Gasteiger partial charge in [0.05, 0.1) is 10.6 Å². The predicted molar refractivity (Wildman–Crippen MR) is 82.8 cm³/mol. The number of hydrogen-bond donors (Lipinski definition) is 0. The second kappa shape index (κ2) is 5.35. The van der Waals surface area contributed by atoms with E-state index in [9.17, 15) is 12.8 Å². The maximum atomic E-state index is 13.2. The van der Waals surface area contributed by atoms with Crippen LogP contribution >= 0.6 is 11.8 Å². The summed E-state index contributed by atoms with van der Waals surface area (Å²) < 4.78 is 40.4. The van der Waals surface area contributed by atoms with E-state index in [0.29, 0.717) is 23.5 Å². The largest absolute Gasteiger partial charge is 0.264 e. The first kappa shape index (κ1) is 14.4. The van der Waals surface area contributed by atoms with Gasteiger partial charge < -0.3 is 0 Å². The number of rotatable bonds is 2. The summed E-state index contributed by atoms with van der Waals surface area (Å²) in [5.74, 6) is 0.275. The number of halogens is 1. The highest BCUT2D eigenvalue weighted by atomic mass is 32.2. The van der Waals surface area contributed by atoms with Crippen molar-refractivity contribution < 1.29 is 12.8 Å². The van der Waals surface area contributed by atoms with E-state index >= 15 is 0 Å². The highest BCUT2D eigenvalue weighted by molar-refractivity contribution is 8.00. The van der Waals surface area contributed by atoms with E-state index in [2.05, 4.69) is 0 Å². The van der Waals surface area contributed by atoms with Crippen LogP contribution in [-0.2, 0) is 10.0 Å². The molecule has 2 aromatic carbocycles. The molecule has 0 atom stereocenters. The lowest BCUT2D eigenvalue weighted by molar-refractivity contribution is 0.589. The molecule has 0 fully saturated rings. The van der Waals surface area contributed by atoms with Crippen LogP contribution in [0.15, 0.2) is 52.3 Å². The van der Waals surface area contributed by atoms with Crippen molar-refractivity contribution in [2.24, 2.45) is 0 Å². The van der Waals surface area contributed by atoms with Crippen LogP contribution in [0.25, 0.3) is 0 Å². The van der Waals surface area contributed by atoms with Crippen molar-refractivity contribution in [2.75, 3.05) is 16.6 Å². The van der Waals surface area contributed by atoms with Crippen molar-refractivity contribution in [1.82, 2.24) is 0 Å². The zero-order valence-corrected chi connectivity index (χ0v) is 13.0. The van der Waals surface area contributed by atoms with Gasteiger partial charge >= 0.3 is 0 Å². The minimum Gasteiger partial charge on any atom is -0.264 e. The van der Waals surface area contributed by atoms with Crippen LogP contribution in [0, 0.1) is 12.7 Å². The molecule has 110 valence electrons. The summed E-state index contributed by atoms with van der Waals surface area (Å²) in [4.78, 5) is 1.11. The van der Waals surface area contributed by atoms with Gasteiger partial charge in [0.2, 0.25) is 0 Å². The highest BCUT2D eigenvalue weighted by Crippen LogP contribution is 2.37. The van der Waals surface area contributed by atoms with Gasteiger partial charge in [0.1, 0.15) is 5.82 Å². The molecule has 0 saturated carbocycles. The molecule has 0 saturated heterocycles. The Labute approximate surface area is 127 Å². The van der Waals surface area contributed by atoms with Crippen LogP contribution in [-0.4, -0.2) is 20.7 Å². The number of anilines is 1. The number of aryl methyl sites for hydroxylation is 1. The third-order valence-electron chi connectivity index (χ3n) is 3.39. The smallest absolute Gasteiger partial charge is 0.264 e. The minimum atomic E-state index is -3.67. The number of thioether (sulfide) groups is 1. The molecule has 0 bridgehead atoms. The molecule has 0 unspecified atom stereocenters. The Morgan fingerprint density at radius 1 is 1.19 bits per heavy atom. The number of benzene rings is 2. The third kappa shape index (κ3) is 2.53. The Balaban J connectivity index is 2.12. The van der Waals surface area contributed by atoms with E-state index in [1.54, 1.807) is 24.8 Å². The standard InChI is InChI=1S/C15H14FNO2S2/c1-11-10-12(16)6-7-15(11)21(18,19)17-8-9-20-14-5-3-2-4-13(14)17/h2-7,10H,8-9H2,1H3. The molecule has 1 aliphatic rings. The van der Waals surface area contributed by atoms with Gasteiger partial charge in [-0.3, -0.25) is 4.31 Å². The van der Waals surface area contributed by atoms with Gasteiger partial charge in [-0.05, 0) is 42.8 Å². The number of fused-ring (bicyclic) bond motifs is 1. The fraction of sp³-hybridized carbons (Fsp3) is 0.200. The average Bonchev–Trinajstić information content (AvgIpc) is 2.46. The van der Waals surface area contributed by atoms with Gasteiger partial charge in [-0.25, -0.2) is 12.8 Å². The first-order chi connectivity index (χ1) is 10.00. The van der Waals surface area contributed by atoms with Crippen molar-refractivity contribution >= 4 is 27.5 Å². The third-order valence-corrected chi connectivity index (χ3v) is 6.41. The lowest BCUT2D eigenvalue weighted by Crippen LogP contribution is -2.35. The Morgan fingerprint density at radius 2 is 1.95 bits per heavy atom. The molecule has 6 heteroatoms. The lowest BCUT2D eigenvalue weighted by Gasteiger charge is -2.30. The minimum absolute atomic E-state index is 0.158.